The molecule has 126 valence electrons. The second-order valence-electron chi connectivity index (χ2n) is 5.32. The Hall–Kier alpha value is -2.89. The number of nitrogens with one attached hydrogen (secondary N) is 1. The van der Waals surface area contributed by atoms with Gasteiger partial charge in [0.1, 0.15) is 11.6 Å². The van der Waals surface area contributed by atoms with E-state index in [0.717, 1.165) is 5.56 Å². The van der Waals surface area contributed by atoms with Crippen molar-refractivity contribution in [1.29, 1.82) is 0 Å². The summed E-state index contributed by atoms with van der Waals surface area (Å²) in [7, 11) is 0. The fourth-order valence-electron chi connectivity index (χ4n) is 2.05. The average molecular weight is 331 g/mol. The number of halogens is 1. The van der Waals surface area contributed by atoms with Crippen LogP contribution in [0.15, 0.2) is 48.5 Å². The number of rotatable bonds is 7. The van der Waals surface area contributed by atoms with E-state index in [4.69, 9.17) is 9.84 Å². The largest absolute Gasteiger partial charge is 0.481 e. The zero-order chi connectivity index (χ0) is 17.5. The van der Waals surface area contributed by atoms with Crippen LogP contribution in [0.1, 0.15) is 18.1 Å². The Morgan fingerprint density at radius 1 is 1.08 bits per heavy atom. The van der Waals surface area contributed by atoms with Gasteiger partial charge in [-0.2, -0.15) is 0 Å². The first-order valence-electron chi connectivity index (χ1n) is 7.43. The summed E-state index contributed by atoms with van der Waals surface area (Å²) < 4.78 is 18.3. The van der Waals surface area contributed by atoms with Gasteiger partial charge in [0.2, 0.25) is 0 Å². The first-order chi connectivity index (χ1) is 11.4. The molecule has 1 atom stereocenters. The fraction of sp³-hybridized carbons (Fsp3) is 0.222. The lowest BCUT2D eigenvalue weighted by atomic mass is 10.1. The molecule has 0 fully saturated rings. The Labute approximate surface area is 139 Å². The molecule has 0 saturated heterocycles. The van der Waals surface area contributed by atoms with Crippen LogP contribution in [0.2, 0.25) is 0 Å². The number of amides is 1. The van der Waals surface area contributed by atoms with Crippen molar-refractivity contribution in [3.8, 4) is 5.75 Å². The van der Waals surface area contributed by atoms with Crippen LogP contribution in [0.4, 0.5) is 4.39 Å². The topological polar surface area (TPSA) is 75.6 Å². The first kappa shape index (κ1) is 17.5. The van der Waals surface area contributed by atoms with E-state index >= 15 is 0 Å². The lowest BCUT2D eigenvalue weighted by Crippen LogP contribution is -2.35. The number of carbonyl (C=O) groups is 2. The molecule has 2 N–H and O–H groups in total. The highest BCUT2D eigenvalue weighted by Gasteiger charge is 2.14. The van der Waals surface area contributed by atoms with E-state index in [0.29, 0.717) is 11.3 Å². The molecule has 0 aliphatic heterocycles. The van der Waals surface area contributed by atoms with Crippen molar-refractivity contribution in [3.05, 3.63) is 65.5 Å². The molecule has 0 heterocycles. The van der Waals surface area contributed by atoms with E-state index in [1.54, 1.807) is 43.3 Å². The van der Waals surface area contributed by atoms with Gasteiger partial charge in [-0.05, 0) is 42.3 Å². The monoisotopic (exact) mass is 331 g/mol. The first-order valence-corrected chi connectivity index (χ1v) is 7.43. The molecule has 6 heteroatoms. The maximum atomic E-state index is 12.8. The van der Waals surface area contributed by atoms with Crippen LogP contribution in [0.25, 0.3) is 0 Å². The Kier molecular flexibility index (Phi) is 5.89. The lowest BCUT2D eigenvalue weighted by Gasteiger charge is -2.15. The third-order valence-electron chi connectivity index (χ3n) is 3.34. The Balaban J connectivity index is 1.84. The molecule has 0 saturated carbocycles. The smallest absolute Gasteiger partial charge is 0.307 e. The number of aliphatic carboxylic acids is 1. The molecule has 0 aliphatic carbocycles. The van der Waals surface area contributed by atoms with Gasteiger partial charge in [0, 0.05) is 6.54 Å². The van der Waals surface area contributed by atoms with Crippen molar-refractivity contribution in [3.63, 3.8) is 0 Å². The van der Waals surface area contributed by atoms with Crippen molar-refractivity contribution in [2.75, 3.05) is 0 Å². The van der Waals surface area contributed by atoms with Crippen LogP contribution >= 0.6 is 0 Å². The van der Waals surface area contributed by atoms with Gasteiger partial charge in [-0.1, -0.05) is 24.3 Å². The summed E-state index contributed by atoms with van der Waals surface area (Å²) in [6.45, 7) is 1.90. The number of hydrogen-bond acceptors (Lipinski definition) is 3. The summed E-state index contributed by atoms with van der Waals surface area (Å²) in [4.78, 5) is 22.6. The third-order valence-corrected chi connectivity index (χ3v) is 3.34. The van der Waals surface area contributed by atoms with Gasteiger partial charge in [0.25, 0.3) is 5.91 Å². The highest BCUT2D eigenvalue weighted by atomic mass is 19.1. The standard InChI is InChI=1S/C18H18FNO4/c1-12(18(23)20-11-14-2-6-15(19)7-3-14)24-16-8-4-13(5-9-16)10-17(21)22/h2-9,12H,10-11H2,1H3,(H,20,23)(H,21,22)/t12-/m0/s1. The molecule has 2 aromatic carbocycles. The van der Waals surface area contributed by atoms with Crippen molar-refractivity contribution in [2.45, 2.75) is 26.0 Å². The zero-order valence-corrected chi connectivity index (χ0v) is 13.2. The van der Waals surface area contributed by atoms with Crippen LogP contribution < -0.4 is 10.1 Å². The van der Waals surface area contributed by atoms with Crippen molar-refractivity contribution in [1.82, 2.24) is 5.32 Å². The minimum absolute atomic E-state index is 0.0615. The van der Waals surface area contributed by atoms with Gasteiger partial charge in [0.15, 0.2) is 6.10 Å². The molecule has 0 spiro atoms. The molecule has 2 aromatic rings. The predicted octanol–water partition coefficient (Wildman–Crippen LogP) is 2.54. The summed E-state index contributed by atoms with van der Waals surface area (Å²) in [5, 5.41) is 11.4. The molecular weight excluding hydrogens is 313 g/mol. The van der Waals surface area contributed by atoms with E-state index in [2.05, 4.69) is 5.32 Å². The number of carboxylic acid groups (broad SMARTS) is 1. The van der Waals surface area contributed by atoms with E-state index in [-0.39, 0.29) is 24.7 Å². The summed E-state index contributed by atoms with van der Waals surface area (Å²) in [6.07, 6.45) is -0.774. The van der Waals surface area contributed by atoms with Crippen LogP contribution in [0.3, 0.4) is 0 Å². The van der Waals surface area contributed by atoms with Gasteiger partial charge in [-0.15, -0.1) is 0 Å². The molecule has 0 radical (unpaired) electrons. The number of benzene rings is 2. The van der Waals surface area contributed by atoms with Crippen LogP contribution in [0, 0.1) is 5.82 Å². The van der Waals surface area contributed by atoms with Gasteiger partial charge >= 0.3 is 5.97 Å². The maximum absolute atomic E-state index is 12.8. The number of carboxylic acids is 1. The highest BCUT2D eigenvalue weighted by molar-refractivity contribution is 5.80. The normalized spacial score (nSPS) is 11.6. The Bertz CT molecular complexity index is 698. The predicted molar refractivity (Wildman–Crippen MR) is 86.1 cm³/mol. The van der Waals surface area contributed by atoms with E-state index < -0.39 is 12.1 Å². The maximum Gasteiger partial charge on any atom is 0.307 e. The second kappa shape index (κ2) is 8.10. The van der Waals surface area contributed by atoms with Gasteiger partial charge in [-0.25, -0.2) is 4.39 Å². The zero-order valence-electron chi connectivity index (χ0n) is 13.2. The highest BCUT2D eigenvalue weighted by Crippen LogP contribution is 2.14. The summed E-state index contributed by atoms with van der Waals surface area (Å²) >= 11 is 0. The molecule has 1 amide bonds. The summed E-state index contributed by atoms with van der Waals surface area (Å²) in [5.74, 6) is -1.05. The number of carbonyl (C=O) groups excluding carboxylic acids is 1. The van der Waals surface area contributed by atoms with Crippen LogP contribution in [-0.4, -0.2) is 23.1 Å². The molecule has 24 heavy (non-hydrogen) atoms. The molecule has 0 unspecified atom stereocenters. The molecule has 5 nitrogen and oxygen atoms in total. The van der Waals surface area contributed by atoms with Crippen LogP contribution in [0.5, 0.6) is 5.75 Å². The van der Waals surface area contributed by atoms with E-state index in [9.17, 15) is 14.0 Å². The molecule has 0 aliphatic rings. The summed E-state index contributed by atoms with van der Waals surface area (Å²) in [5.41, 5.74) is 1.44. The van der Waals surface area contributed by atoms with Crippen molar-refractivity contribution in [2.24, 2.45) is 0 Å². The van der Waals surface area contributed by atoms with Gasteiger partial charge < -0.3 is 15.2 Å². The van der Waals surface area contributed by atoms with Crippen molar-refractivity contribution < 1.29 is 23.8 Å². The number of ether oxygens (including phenoxy) is 1. The second-order valence-corrected chi connectivity index (χ2v) is 5.32. The quantitative estimate of drug-likeness (QED) is 0.817. The molecular formula is C18H18FNO4. The minimum atomic E-state index is -0.905. The average Bonchev–Trinajstić information content (AvgIpc) is 2.55. The van der Waals surface area contributed by atoms with Gasteiger partial charge in [0.05, 0.1) is 6.42 Å². The minimum Gasteiger partial charge on any atom is -0.481 e. The fourth-order valence-corrected chi connectivity index (χ4v) is 2.05. The van der Waals surface area contributed by atoms with Gasteiger partial charge in [-0.3, -0.25) is 9.59 Å². The Morgan fingerprint density at radius 3 is 2.25 bits per heavy atom. The molecule has 0 bridgehead atoms. The van der Waals surface area contributed by atoms with Crippen molar-refractivity contribution >= 4 is 11.9 Å². The van der Waals surface area contributed by atoms with E-state index in [1.165, 1.54) is 12.1 Å². The third kappa shape index (κ3) is 5.39. The summed E-state index contributed by atoms with van der Waals surface area (Å²) in [6, 6.07) is 12.4. The van der Waals surface area contributed by atoms with Crippen LogP contribution in [-0.2, 0) is 22.6 Å². The lowest BCUT2D eigenvalue weighted by molar-refractivity contribution is -0.136. The van der Waals surface area contributed by atoms with E-state index in [1.807, 2.05) is 0 Å². The number of hydrogen-bond donors (Lipinski definition) is 2. The SMILES string of the molecule is C[C@H](Oc1ccc(CC(=O)O)cc1)C(=O)NCc1ccc(F)cc1. The Morgan fingerprint density at radius 2 is 1.67 bits per heavy atom. The molecule has 0 aromatic heterocycles. The molecule has 2 rings (SSSR count).